The van der Waals surface area contributed by atoms with E-state index >= 15 is 0 Å². The van der Waals surface area contributed by atoms with Crippen molar-refractivity contribution in [3.8, 4) is 0 Å². The highest BCUT2D eigenvalue weighted by atomic mass is 79.9. The molecule has 0 aliphatic carbocycles. The Hall–Kier alpha value is -0.830. The van der Waals surface area contributed by atoms with Crippen LogP contribution in [0.4, 0.5) is 0 Å². The van der Waals surface area contributed by atoms with E-state index in [9.17, 15) is 0 Å². The molecular formula is C15H15BrClN. The molecule has 2 N–H and O–H groups in total. The van der Waals surface area contributed by atoms with E-state index in [-0.39, 0.29) is 6.04 Å². The first-order chi connectivity index (χ1) is 8.50. The maximum atomic E-state index is 6.36. The first-order valence-electron chi connectivity index (χ1n) is 5.77. The molecule has 0 amide bonds. The molecule has 2 aromatic rings. The van der Waals surface area contributed by atoms with Crippen LogP contribution in [0.15, 0.2) is 40.9 Å². The molecule has 1 nitrogen and oxygen atoms in total. The topological polar surface area (TPSA) is 26.0 Å². The first kappa shape index (κ1) is 13.6. The summed E-state index contributed by atoms with van der Waals surface area (Å²) in [5, 5.41) is 0.788. The minimum Gasteiger partial charge on any atom is -0.320 e. The molecule has 2 aromatic carbocycles. The molecule has 18 heavy (non-hydrogen) atoms. The van der Waals surface area contributed by atoms with Crippen molar-refractivity contribution in [2.45, 2.75) is 19.9 Å². The third-order valence-electron chi connectivity index (χ3n) is 3.12. The third-order valence-corrected chi connectivity index (χ3v) is 4.25. The number of nitrogens with two attached hydrogens (primary N) is 1. The standard InChI is InChI=1S/C15H15BrClN/c1-9-8-14(17)10(2)7-12(9)15(18)11-5-3-4-6-13(11)16/h3-8,15H,18H2,1-2H3. The summed E-state index contributed by atoms with van der Waals surface area (Å²) in [4.78, 5) is 0. The van der Waals surface area contributed by atoms with Gasteiger partial charge in [-0.2, -0.15) is 0 Å². The molecular weight excluding hydrogens is 310 g/mol. The molecule has 3 heteroatoms. The zero-order valence-electron chi connectivity index (χ0n) is 10.4. The Morgan fingerprint density at radius 3 is 2.39 bits per heavy atom. The molecule has 0 saturated carbocycles. The highest BCUT2D eigenvalue weighted by Gasteiger charge is 2.15. The van der Waals surface area contributed by atoms with Gasteiger partial charge in [-0.15, -0.1) is 0 Å². The van der Waals surface area contributed by atoms with Gasteiger partial charge in [0.1, 0.15) is 0 Å². The monoisotopic (exact) mass is 323 g/mol. The van der Waals surface area contributed by atoms with Crippen LogP contribution >= 0.6 is 27.5 Å². The molecule has 1 atom stereocenters. The molecule has 94 valence electrons. The zero-order valence-corrected chi connectivity index (χ0v) is 12.7. The van der Waals surface area contributed by atoms with Crippen molar-refractivity contribution < 1.29 is 0 Å². The smallest absolute Gasteiger partial charge is 0.0565 e. The van der Waals surface area contributed by atoms with Crippen molar-refractivity contribution in [1.29, 1.82) is 0 Å². The lowest BCUT2D eigenvalue weighted by Gasteiger charge is -2.18. The molecule has 0 aliphatic heterocycles. The highest BCUT2D eigenvalue weighted by molar-refractivity contribution is 9.10. The Kier molecular flexibility index (Phi) is 4.10. The van der Waals surface area contributed by atoms with Crippen LogP contribution in [0.1, 0.15) is 28.3 Å². The lowest BCUT2D eigenvalue weighted by molar-refractivity contribution is 0.854. The van der Waals surface area contributed by atoms with E-state index in [1.807, 2.05) is 44.2 Å². The quantitative estimate of drug-likeness (QED) is 0.846. The Balaban J connectivity index is 2.50. The van der Waals surface area contributed by atoms with Crippen LogP contribution in [0, 0.1) is 13.8 Å². The van der Waals surface area contributed by atoms with Crippen LogP contribution in [0.25, 0.3) is 0 Å². The van der Waals surface area contributed by atoms with Gasteiger partial charge in [-0.1, -0.05) is 51.8 Å². The molecule has 0 radical (unpaired) electrons. The number of rotatable bonds is 2. The van der Waals surface area contributed by atoms with E-state index in [2.05, 4.69) is 22.0 Å². The Morgan fingerprint density at radius 1 is 1.06 bits per heavy atom. The molecule has 1 unspecified atom stereocenters. The van der Waals surface area contributed by atoms with Gasteiger partial charge in [0.05, 0.1) is 6.04 Å². The van der Waals surface area contributed by atoms with Gasteiger partial charge in [0.15, 0.2) is 0 Å². The summed E-state index contributed by atoms with van der Waals surface area (Å²) in [7, 11) is 0. The van der Waals surface area contributed by atoms with Gasteiger partial charge < -0.3 is 5.73 Å². The second-order valence-corrected chi connectivity index (χ2v) is 5.72. The largest absolute Gasteiger partial charge is 0.320 e. The third kappa shape index (κ3) is 2.61. The molecule has 0 spiro atoms. The molecule has 0 aromatic heterocycles. The fourth-order valence-electron chi connectivity index (χ4n) is 2.03. The summed E-state index contributed by atoms with van der Waals surface area (Å²) >= 11 is 9.66. The van der Waals surface area contributed by atoms with E-state index in [1.165, 1.54) is 0 Å². The van der Waals surface area contributed by atoms with Gasteiger partial charge in [0.25, 0.3) is 0 Å². The number of benzene rings is 2. The van der Waals surface area contributed by atoms with Crippen molar-refractivity contribution in [3.05, 3.63) is 68.1 Å². The van der Waals surface area contributed by atoms with Crippen molar-refractivity contribution in [3.63, 3.8) is 0 Å². The van der Waals surface area contributed by atoms with Gasteiger partial charge >= 0.3 is 0 Å². The molecule has 0 saturated heterocycles. The summed E-state index contributed by atoms with van der Waals surface area (Å²) in [5.74, 6) is 0. The fourth-order valence-corrected chi connectivity index (χ4v) is 2.78. The minimum atomic E-state index is -0.142. The Labute approximate surface area is 121 Å². The van der Waals surface area contributed by atoms with Crippen molar-refractivity contribution >= 4 is 27.5 Å². The van der Waals surface area contributed by atoms with Crippen LogP contribution in [0.5, 0.6) is 0 Å². The average Bonchev–Trinajstić information content (AvgIpc) is 2.33. The predicted molar refractivity (Wildman–Crippen MR) is 81.1 cm³/mol. The maximum absolute atomic E-state index is 6.36. The summed E-state index contributed by atoms with van der Waals surface area (Å²) in [6, 6.07) is 11.9. The second-order valence-electron chi connectivity index (χ2n) is 4.46. The summed E-state index contributed by atoms with van der Waals surface area (Å²) in [6.07, 6.45) is 0. The maximum Gasteiger partial charge on any atom is 0.0565 e. The molecule has 0 bridgehead atoms. The number of halogens is 2. The zero-order chi connectivity index (χ0) is 13.3. The molecule has 2 rings (SSSR count). The average molecular weight is 325 g/mol. The van der Waals surface area contributed by atoms with E-state index in [0.717, 1.165) is 31.7 Å². The highest BCUT2D eigenvalue weighted by Crippen LogP contribution is 2.30. The molecule has 0 fully saturated rings. The fraction of sp³-hybridized carbons (Fsp3) is 0.200. The Morgan fingerprint density at radius 2 is 1.72 bits per heavy atom. The van der Waals surface area contributed by atoms with Gasteiger partial charge in [-0.05, 0) is 48.2 Å². The lowest BCUT2D eigenvalue weighted by Crippen LogP contribution is -2.14. The van der Waals surface area contributed by atoms with Gasteiger partial charge in [-0.25, -0.2) is 0 Å². The number of aryl methyl sites for hydroxylation is 2. The van der Waals surface area contributed by atoms with Crippen LogP contribution in [-0.4, -0.2) is 0 Å². The van der Waals surface area contributed by atoms with Gasteiger partial charge in [-0.3, -0.25) is 0 Å². The van der Waals surface area contributed by atoms with Crippen LogP contribution in [0.2, 0.25) is 5.02 Å². The number of hydrogen-bond acceptors (Lipinski definition) is 1. The lowest BCUT2D eigenvalue weighted by atomic mass is 9.94. The van der Waals surface area contributed by atoms with Crippen LogP contribution < -0.4 is 5.73 Å². The predicted octanol–water partition coefficient (Wildman–Crippen LogP) is 4.77. The Bertz CT molecular complexity index is 581. The van der Waals surface area contributed by atoms with E-state index < -0.39 is 0 Å². The number of hydrogen-bond donors (Lipinski definition) is 1. The van der Waals surface area contributed by atoms with Crippen LogP contribution in [0.3, 0.4) is 0 Å². The second kappa shape index (κ2) is 5.43. The van der Waals surface area contributed by atoms with E-state index in [0.29, 0.717) is 0 Å². The summed E-state index contributed by atoms with van der Waals surface area (Å²) < 4.78 is 1.03. The summed E-state index contributed by atoms with van der Waals surface area (Å²) in [6.45, 7) is 4.04. The van der Waals surface area contributed by atoms with Crippen molar-refractivity contribution in [2.24, 2.45) is 5.73 Å². The van der Waals surface area contributed by atoms with Gasteiger partial charge in [0, 0.05) is 9.50 Å². The normalized spacial score (nSPS) is 12.5. The first-order valence-corrected chi connectivity index (χ1v) is 6.94. The SMILES string of the molecule is Cc1cc(C(N)c2ccccc2Br)c(C)cc1Cl. The van der Waals surface area contributed by atoms with E-state index in [4.69, 9.17) is 17.3 Å². The van der Waals surface area contributed by atoms with Crippen molar-refractivity contribution in [2.75, 3.05) is 0 Å². The van der Waals surface area contributed by atoms with Gasteiger partial charge in [0.2, 0.25) is 0 Å². The molecule has 0 aliphatic rings. The minimum absolute atomic E-state index is 0.142. The summed E-state index contributed by atoms with van der Waals surface area (Å²) in [5.41, 5.74) is 10.7. The molecule has 0 heterocycles. The van der Waals surface area contributed by atoms with E-state index in [1.54, 1.807) is 0 Å². The van der Waals surface area contributed by atoms with Crippen molar-refractivity contribution in [1.82, 2.24) is 0 Å². The van der Waals surface area contributed by atoms with Crippen LogP contribution in [-0.2, 0) is 0 Å².